The number of aryl methyl sites for hydroxylation is 2. The quantitative estimate of drug-likeness (QED) is 0.785. The molecule has 0 saturated carbocycles. The lowest BCUT2D eigenvalue weighted by molar-refractivity contribution is 0.101. The number of hydrogen-bond acceptors (Lipinski definition) is 5. The fourth-order valence-electron chi connectivity index (χ4n) is 2.33. The van der Waals surface area contributed by atoms with E-state index in [1.807, 2.05) is 37.3 Å². The Hall–Kier alpha value is -2.91. The molecule has 2 heterocycles. The van der Waals surface area contributed by atoms with Gasteiger partial charge in [0.25, 0.3) is 5.91 Å². The number of amides is 1. The van der Waals surface area contributed by atoms with Crippen LogP contribution in [-0.4, -0.2) is 11.1 Å². The Balaban J connectivity index is 1.98. The minimum atomic E-state index is -0.390. The zero-order valence-corrected chi connectivity index (χ0v) is 13.4. The van der Waals surface area contributed by atoms with Crippen LogP contribution >= 0.6 is 11.3 Å². The van der Waals surface area contributed by atoms with E-state index < -0.39 is 0 Å². The standard InChI is InChI=1S/C17H13N3O2S/c1-10-8-14(20-22-10)16(21)19-17-13(9-18)15(11(2)23-17)12-6-4-3-5-7-12/h3-8H,1-2H3,(H,19,21). The van der Waals surface area contributed by atoms with Gasteiger partial charge >= 0.3 is 0 Å². The SMILES string of the molecule is Cc1cc(C(=O)Nc2sc(C)c(-c3ccccc3)c2C#N)no1. The van der Waals surface area contributed by atoms with Gasteiger partial charge in [-0.15, -0.1) is 11.3 Å². The van der Waals surface area contributed by atoms with E-state index in [2.05, 4.69) is 16.5 Å². The fourth-order valence-corrected chi connectivity index (χ4v) is 3.35. The van der Waals surface area contributed by atoms with Gasteiger partial charge in [-0.2, -0.15) is 5.26 Å². The van der Waals surface area contributed by atoms with Gasteiger partial charge in [0.15, 0.2) is 5.69 Å². The van der Waals surface area contributed by atoms with Crippen LogP contribution in [0.1, 0.15) is 26.7 Å². The van der Waals surface area contributed by atoms with Crippen molar-refractivity contribution in [1.82, 2.24) is 5.16 Å². The van der Waals surface area contributed by atoms with Crippen molar-refractivity contribution in [2.24, 2.45) is 0 Å². The van der Waals surface area contributed by atoms with Gasteiger partial charge in [-0.1, -0.05) is 35.5 Å². The van der Waals surface area contributed by atoms with Crippen LogP contribution in [0.25, 0.3) is 11.1 Å². The Morgan fingerprint density at radius 1 is 1.30 bits per heavy atom. The average Bonchev–Trinajstić information content (AvgIpc) is 3.11. The van der Waals surface area contributed by atoms with E-state index in [0.717, 1.165) is 16.0 Å². The van der Waals surface area contributed by atoms with E-state index in [1.54, 1.807) is 13.0 Å². The Bertz CT molecular complexity index is 904. The van der Waals surface area contributed by atoms with E-state index in [9.17, 15) is 10.1 Å². The zero-order chi connectivity index (χ0) is 16.4. The Morgan fingerprint density at radius 2 is 2.04 bits per heavy atom. The minimum absolute atomic E-state index is 0.193. The van der Waals surface area contributed by atoms with Crippen LogP contribution in [0, 0.1) is 25.2 Å². The summed E-state index contributed by atoms with van der Waals surface area (Å²) in [7, 11) is 0. The molecular formula is C17H13N3O2S. The van der Waals surface area contributed by atoms with Gasteiger partial charge in [0, 0.05) is 16.5 Å². The summed E-state index contributed by atoms with van der Waals surface area (Å²) >= 11 is 1.38. The predicted octanol–water partition coefficient (Wildman–Crippen LogP) is 4.14. The van der Waals surface area contributed by atoms with E-state index in [1.165, 1.54) is 11.3 Å². The lowest BCUT2D eigenvalue weighted by Crippen LogP contribution is -2.12. The van der Waals surface area contributed by atoms with E-state index in [-0.39, 0.29) is 11.6 Å². The molecule has 0 atom stereocenters. The number of thiophene rings is 1. The molecule has 6 heteroatoms. The van der Waals surface area contributed by atoms with Gasteiger partial charge < -0.3 is 9.84 Å². The number of carbonyl (C=O) groups excluding carboxylic acids is 1. The van der Waals surface area contributed by atoms with Gasteiger partial charge in [0.05, 0.1) is 5.56 Å². The molecule has 0 spiro atoms. The number of hydrogen-bond donors (Lipinski definition) is 1. The molecule has 5 nitrogen and oxygen atoms in total. The molecule has 1 amide bonds. The van der Waals surface area contributed by atoms with Crippen molar-refractivity contribution >= 4 is 22.2 Å². The Kier molecular flexibility index (Phi) is 3.96. The molecule has 3 aromatic rings. The van der Waals surface area contributed by atoms with Gasteiger partial charge in [0.1, 0.15) is 16.8 Å². The van der Waals surface area contributed by atoms with Crippen LogP contribution in [0.4, 0.5) is 5.00 Å². The van der Waals surface area contributed by atoms with Crippen molar-refractivity contribution in [3.63, 3.8) is 0 Å². The fraction of sp³-hybridized carbons (Fsp3) is 0.118. The van der Waals surface area contributed by atoms with Crippen molar-refractivity contribution in [1.29, 1.82) is 5.26 Å². The Labute approximate surface area is 137 Å². The number of carbonyl (C=O) groups is 1. The molecule has 0 radical (unpaired) electrons. The summed E-state index contributed by atoms with van der Waals surface area (Å²) in [6.45, 7) is 3.65. The third-order valence-electron chi connectivity index (χ3n) is 3.35. The largest absolute Gasteiger partial charge is 0.361 e. The second-order valence-corrected chi connectivity index (χ2v) is 6.22. The number of benzene rings is 1. The lowest BCUT2D eigenvalue weighted by Gasteiger charge is -2.02. The number of nitriles is 1. The van der Waals surface area contributed by atoms with Crippen LogP contribution < -0.4 is 5.32 Å². The average molecular weight is 323 g/mol. The summed E-state index contributed by atoms with van der Waals surface area (Å²) < 4.78 is 4.91. The summed E-state index contributed by atoms with van der Waals surface area (Å²) in [4.78, 5) is 13.2. The van der Waals surface area contributed by atoms with Crippen molar-refractivity contribution in [2.75, 3.05) is 5.32 Å². The molecule has 0 bridgehead atoms. The highest BCUT2D eigenvalue weighted by Gasteiger charge is 2.20. The number of nitrogens with zero attached hydrogens (tertiary/aromatic N) is 2. The van der Waals surface area contributed by atoms with Crippen molar-refractivity contribution in [3.8, 4) is 17.2 Å². The van der Waals surface area contributed by atoms with Gasteiger partial charge in [-0.25, -0.2) is 0 Å². The molecule has 114 valence electrons. The molecule has 3 rings (SSSR count). The molecule has 23 heavy (non-hydrogen) atoms. The number of aromatic nitrogens is 1. The number of nitrogens with one attached hydrogen (secondary N) is 1. The first-order valence-corrected chi connectivity index (χ1v) is 7.75. The van der Waals surface area contributed by atoms with Crippen LogP contribution in [0.3, 0.4) is 0 Å². The third-order valence-corrected chi connectivity index (χ3v) is 4.37. The first-order valence-electron chi connectivity index (χ1n) is 6.93. The molecule has 0 fully saturated rings. The minimum Gasteiger partial charge on any atom is -0.361 e. The smallest absolute Gasteiger partial charge is 0.278 e. The maximum atomic E-state index is 12.2. The first kappa shape index (κ1) is 15.0. The summed E-state index contributed by atoms with van der Waals surface area (Å²) in [6, 6.07) is 13.4. The van der Waals surface area contributed by atoms with Crippen LogP contribution in [0.2, 0.25) is 0 Å². The summed E-state index contributed by atoms with van der Waals surface area (Å²) in [5, 5.41) is 16.5. The lowest BCUT2D eigenvalue weighted by atomic mass is 10.0. The summed E-state index contributed by atoms with van der Waals surface area (Å²) in [6.07, 6.45) is 0. The molecule has 2 aromatic heterocycles. The first-order chi connectivity index (χ1) is 11.1. The monoisotopic (exact) mass is 323 g/mol. The molecule has 0 unspecified atom stereocenters. The maximum Gasteiger partial charge on any atom is 0.278 e. The van der Waals surface area contributed by atoms with Gasteiger partial charge in [-0.3, -0.25) is 4.79 Å². The van der Waals surface area contributed by atoms with Gasteiger partial charge in [0.2, 0.25) is 0 Å². The molecule has 0 aliphatic rings. The van der Waals surface area contributed by atoms with Crippen molar-refractivity contribution in [3.05, 3.63) is 58.3 Å². The topological polar surface area (TPSA) is 78.9 Å². The molecule has 0 saturated heterocycles. The normalized spacial score (nSPS) is 10.3. The van der Waals surface area contributed by atoms with Crippen LogP contribution in [0.5, 0.6) is 0 Å². The summed E-state index contributed by atoms with van der Waals surface area (Å²) in [5.74, 6) is 0.169. The maximum absolute atomic E-state index is 12.2. The molecule has 0 aliphatic carbocycles. The van der Waals surface area contributed by atoms with Crippen LogP contribution in [-0.2, 0) is 0 Å². The second-order valence-electron chi connectivity index (χ2n) is 4.99. The molecular weight excluding hydrogens is 310 g/mol. The summed E-state index contributed by atoms with van der Waals surface area (Å²) in [5.41, 5.74) is 2.46. The molecule has 1 N–H and O–H groups in total. The second kappa shape index (κ2) is 6.07. The van der Waals surface area contributed by atoms with E-state index in [4.69, 9.17) is 4.52 Å². The van der Waals surface area contributed by atoms with Gasteiger partial charge in [-0.05, 0) is 19.4 Å². The van der Waals surface area contributed by atoms with Crippen LogP contribution in [0.15, 0.2) is 40.9 Å². The van der Waals surface area contributed by atoms with E-state index >= 15 is 0 Å². The Morgan fingerprint density at radius 3 is 2.65 bits per heavy atom. The zero-order valence-electron chi connectivity index (χ0n) is 12.6. The highest BCUT2D eigenvalue weighted by molar-refractivity contribution is 7.17. The molecule has 1 aromatic carbocycles. The highest BCUT2D eigenvalue weighted by atomic mass is 32.1. The molecule has 0 aliphatic heterocycles. The number of anilines is 1. The van der Waals surface area contributed by atoms with Crippen molar-refractivity contribution < 1.29 is 9.32 Å². The van der Waals surface area contributed by atoms with Crippen molar-refractivity contribution in [2.45, 2.75) is 13.8 Å². The third kappa shape index (κ3) is 2.87. The number of rotatable bonds is 3. The van der Waals surface area contributed by atoms with E-state index in [0.29, 0.717) is 16.3 Å². The predicted molar refractivity (Wildman–Crippen MR) is 88.4 cm³/mol. The highest BCUT2D eigenvalue weighted by Crippen LogP contribution is 2.39.